The Balaban J connectivity index is 1.81. The van der Waals surface area contributed by atoms with E-state index in [2.05, 4.69) is 14.9 Å². The van der Waals surface area contributed by atoms with Crippen LogP contribution in [0, 0.1) is 0 Å². The highest BCUT2D eigenvalue weighted by atomic mass is 35.5. The van der Waals surface area contributed by atoms with Crippen LogP contribution in [0.15, 0.2) is 76.5 Å². The highest BCUT2D eigenvalue weighted by molar-refractivity contribution is 7.94. The third-order valence-electron chi connectivity index (χ3n) is 5.81. The van der Waals surface area contributed by atoms with Gasteiger partial charge in [0, 0.05) is 49.7 Å². The first kappa shape index (κ1) is 26.9. The molecule has 0 spiro atoms. The molecule has 37 heavy (non-hydrogen) atoms. The van der Waals surface area contributed by atoms with Gasteiger partial charge in [-0.15, -0.1) is 0 Å². The summed E-state index contributed by atoms with van der Waals surface area (Å²) in [5, 5.41) is 3.26. The van der Waals surface area contributed by atoms with Crippen LogP contribution < -0.4 is 28.2 Å². The van der Waals surface area contributed by atoms with E-state index in [0.717, 1.165) is 18.8 Å². The lowest BCUT2D eigenvalue weighted by atomic mass is 10.2. The minimum absolute atomic E-state index is 0.000300. The summed E-state index contributed by atoms with van der Waals surface area (Å²) in [6.07, 6.45) is 0. The minimum atomic E-state index is -4.41. The zero-order chi connectivity index (χ0) is 26.6. The Hall–Kier alpha value is -3.19. The van der Waals surface area contributed by atoms with E-state index in [1.54, 1.807) is 36.4 Å². The molecule has 4 rings (SSSR count). The van der Waals surface area contributed by atoms with E-state index in [9.17, 15) is 16.8 Å². The Morgan fingerprint density at radius 3 is 2.27 bits per heavy atom. The van der Waals surface area contributed by atoms with Crippen molar-refractivity contribution in [2.45, 2.75) is 9.79 Å². The summed E-state index contributed by atoms with van der Waals surface area (Å²) in [5.74, 6) is 0.332. The van der Waals surface area contributed by atoms with Gasteiger partial charge in [-0.05, 0) is 42.5 Å². The molecular weight excluding hydrogens is 540 g/mol. The van der Waals surface area contributed by atoms with Crippen LogP contribution in [-0.2, 0) is 20.0 Å². The van der Waals surface area contributed by atoms with E-state index < -0.39 is 20.0 Å². The number of benzene rings is 3. The summed E-state index contributed by atoms with van der Waals surface area (Å²) >= 11 is 6.47. The molecule has 0 amide bonds. The SMILES string of the molecule is COc1ccc(OC)c(S(=O)(=O)N(Cl)c2ccc(N3CCNCC3)cc2NS(=O)(=O)c2ccccc2)c1. The van der Waals surface area contributed by atoms with Crippen molar-refractivity contribution in [3.8, 4) is 11.5 Å². The highest BCUT2D eigenvalue weighted by Crippen LogP contribution is 2.39. The second-order valence-corrected chi connectivity index (χ2v) is 12.1. The lowest BCUT2D eigenvalue weighted by Gasteiger charge is -2.30. The number of sulfonamides is 2. The Kier molecular flexibility index (Phi) is 8.02. The summed E-state index contributed by atoms with van der Waals surface area (Å²) in [4.78, 5) is 1.85. The zero-order valence-electron chi connectivity index (χ0n) is 20.2. The predicted molar refractivity (Wildman–Crippen MR) is 144 cm³/mol. The van der Waals surface area contributed by atoms with Crippen LogP contribution in [0.3, 0.4) is 0 Å². The molecule has 0 bridgehead atoms. The van der Waals surface area contributed by atoms with Crippen LogP contribution in [0.5, 0.6) is 11.5 Å². The molecule has 2 N–H and O–H groups in total. The van der Waals surface area contributed by atoms with E-state index in [4.69, 9.17) is 21.3 Å². The number of ether oxygens (including phenoxy) is 2. The molecule has 0 aromatic heterocycles. The average molecular weight is 567 g/mol. The van der Waals surface area contributed by atoms with E-state index in [1.807, 2.05) is 0 Å². The Morgan fingerprint density at radius 2 is 1.62 bits per heavy atom. The van der Waals surface area contributed by atoms with Crippen LogP contribution in [0.1, 0.15) is 0 Å². The van der Waals surface area contributed by atoms with Crippen molar-refractivity contribution in [2.75, 3.05) is 53.8 Å². The molecule has 0 atom stereocenters. The number of hydrogen-bond acceptors (Lipinski definition) is 8. The molecule has 0 saturated carbocycles. The molecule has 10 nitrogen and oxygen atoms in total. The van der Waals surface area contributed by atoms with E-state index in [-0.39, 0.29) is 32.7 Å². The van der Waals surface area contributed by atoms with Gasteiger partial charge in [-0.3, -0.25) is 4.72 Å². The van der Waals surface area contributed by atoms with E-state index >= 15 is 0 Å². The fraction of sp³-hybridized carbons (Fsp3) is 0.250. The predicted octanol–water partition coefficient (Wildman–Crippen LogP) is 3.26. The van der Waals surface area contributed by atoms with Crippen molar-refractivity contribution in [1.29, 1.82) is 0 Å². The maximum Gasteiger partial charge on any atom is 0.282 e. The number of piperazine rings is 1. The first-order chi connectivity index (χ1) is 17.7. The largest absolute Gasteiger partial charge is 0.497 e. The molecule has 0 radical (unpaired) electrons. The van der Waals surface area contributed by atoms with Gasteiger partial charge >= 0.3 is 0 Å². The van der Waals surface area contributed by atoms with Crippen molar-refractivity contribution in [3.05, 3.63) is 66.7 Å². The smallest absolute Gasteiger partial charge is 0.282 e. The average Bonchev–Trinajstić information content (AvgIpc) is 2.93. The van der Waals surface area contributed by atoms with Crippen LogP contribution in [0.2, 0.25) is 0 Å². The van der Waals surface area contributed by atoms with Gasteiger partial charge in [0.1, 0.15) is 16.4 Å². The topological polar surface area (TPSA) is 117 Å². The van der Waals surface area contributed by atoms with Crippen LogP contribution >= 0.6 is 11.8 Å². The monoisotopic (exact) mass is 566 g/mol. The summed E-state index contributed by atoms with van der Waals surface area (Å²) in [6, 6.07) is 16.8. The summed E-state index contributed by atoms with van der Waals surface area (Å²) in [5.41, 5.74) is 0.641. The van der Waals surface area contributed by atoms with Crippen molar-refractivity contribution in [3.63, 3.8) is 0 Å². The summed E-state index contributed by atoms with van der Waals surface area (Å²) in [6.45, 7) is 2.93. The molecule has 1 fully saturated rings. The molecular formula is C24H27ClN4O6S2. The Morgan fingerprint density at radius 1 is 0.919 bits per heavy atom. The van der Waals surface area contributed by atoms with Crippen LogP contribution in [0.4, 0.5) is 17.1 Å². The Labute approximate surface area is 222 Å². The fourth-order valence-corrected chi connectivity index (χ4v) is 6.60. The molecule has 1 saturated heterocycles. The normalized spacial score (nSPS) is 14.2. The van der Waals surface area contributed by atoms with Crippen LogP contribution in [0.25, 0.3) is 0 Å². The van der Waals surface area contributed by atoms with Crippen LogP contribution in [-0.4, -0.2) is 57.2 Å². The second kappa shape index (κ2) is 11.1. The molecule has 198 valence electrons. The zero-order valence-corrected chi connectivity index (χ0v) is 22.6. The third kappa shape index (κ3) is 5.72. The molecule has 1 heterocycles. The number of nitrogens with zero attached hydrogens (tertiary/aromatic N) is 2. The lowest BCUT2D eigenvalue weighted by Crippen LogP contribution is -2.43. The third-order valence-corrected chi connectivity index (χ3v) is 9.41. The molecule has 3 aromatic rings. The maximum atomic E-state index is 13.6. The number of hydrogen-bond donors (Lipinski definition) is 2. The first-order valence-corrected chi connectivity index (χ1v) is 14.5. The quantitative estimate of drug-likeness (QED) is 0.379. The second-order valence-electron chi connectivity index (χ2n) is 8.09. The first-order valence-electron chi connectivity index (χ1n) is 11.3. The minimum Gasteiger partial charge on any atom is -0.497 e. The van der Waals surface area contributed by atoms with Gasteiger partial charge in [-0.2, -0.15) is 12.2 Å². The molecule has 0 unspecified atom stereocenters. The van der Waals surface area contributed by atoms with Gasteiger partial charge in [-0.1, -0.05) is 18.2 Å². The maximum absolute atomic E-state index is 13.6. The van der Waals surface area contributed by atoms with Crippen molar-refractivity contribution < 1.29 is 26.3 Å². The summed E-state index contributed by atoms with van der Waals surface area (Å²) < 4.78 is 67.0. The van der Waals surface area contributed by atoms with E-state index in [1.165, 1.54) is 44.6 Å². The Bertz CT molecular complexity index is 1460. The van der Waals surface area contributed by atoms with Crippen molar-refractivity contribution in [2.24, 2.45) is 0 Å². The van der Waals surface area contributed by atoms with Gasteiger partial charge < -0.3 is 19.7 Å². The number of methoxy groups -OCH3 is 2. The van der Waals surface area contributed by atoms with Gasteiger partial charge in [-0.25, -0.2) is 8.42 Å². The number of anilines is 3. The summed E-state index contributed by atoms with van der Waals surface area (Å²) in [7, 11) is -5.73. The number of halogens is 1. The van der Waals surface area contributed by atoms with Gasteiger partial charge in [0.2, 0.25) is 0 Å². The molecule has 0 aliphatic carbocycles. The fourth-order valence-electron chi connectivity index (χ4n) is 3.88. The van der Waals surface area contributed by atoms with E-state index in [0.29, 0.717) is 16.9 Å². The molecule has 3 aromatic carbocycles. The van der Waals surface area contributed by atoms with Gasteiger partial charge in [0.15, 0.2) is 0 Å². The standard InChI is InChI=1S/C24H27ClN4O6S2/c1-34-19-9-11-23(35-2)24(17-19)37(32,33)29(25)22-10-8-18(28-14-12-26-13-15-28)16-21(22)27-36(30,31)20-6-4-3-5-7-20/h3-11,16-17,26-27H,12-15H2,1-2H3. The van der Waals surface area contributed by atoms with Crippen molar-refractivity contribution in [1.82, 2.24) is 5.32 Å². The van der Waals surface area contributed by atoms with Crippen molar-refractivity contribution >= 4 is 48.9 Å². The number of nitrogens with one attached hydrogen (secondary N) is 2. The highest BCUT2D eigenvalue weighted by Gasteiger charge is 2.31. The number of rotatable bonds is 9. The van der Waals surface area contributed by atoms with Gasteiger partial charge in [0.25, 0.3) is 20.0 Å². The lowest BCUT2D eigenvalue weighted by molar-refractivity contribution is 0.392. The molecule has 1 aliphatic rings. The molecule has 1 aliphatic heterocycles. The molecule has 13 heteroatoms. The van der Waals surface area contributed by atoms with Gasteiger partial charge in [0.05, 0.1) is 30.5 Å².